The van der Waals surface area contributed by atoms with Crippen LogP contribution in [0.3, 0.4) is 0 Å². The van der Waals surface area contributed by atoms with Crippen LogP contribution in [-0.4, -0.2) is 86.1 Å². The molecule has 42 heavy (non-hydrogen) atoms. The molecular formula is C29H63N5O6Si2. The molecule has 0 saturated heterocycles. The number of hydrogen-bond acceptors (Lipinski definition) is 7. The second kappa shape index (κ2) is 23.6. The minimum atomic E-state index is -2.29. The van der Waals surface area contributed by atoms with Gasteiger partial charge in [0.2, 0.25) is 16.6 Å². The van der Waals surface area contributed by atoms with Crippen molar-refractivity contribution in [3.05, 3.63) is 0 Å². The van der Waals surface area contributed by atoms with Crippen LogP contribution in [0.1, 0.15) is 91.4 Å². The van der Waals surface area contributed by atoms with E-state index in [4.69, 9.17) is 13.6 Å². The van der Waals surface area contributed by atoms with Crippen molar-refractivity contribution in [1.82, 2.24) is 26.6 Å². The molecule has 0 rings (SSSR count). The van der Waals surface area contributed by atoms with Gasteiger partial charge in [-0.3, -0.25) is 0 Å². The van der Waals surface area contributed by atoms with Crippen LogP contribution >= 0.6 is 0 Å². The van der Waals surface area contributed by atoms with Gasteiger partial charge < -0.3 is 40.2 Å². The van der Waals surface area contributed by atoms with E-state index in [0.717, 1.165) is 51.4 Å². The Morgan fingerprint density at radius 3 is 1.52 bits per heavy atom. The average molecular weight is 634 g/mol. The van der Waals surface area contributed by atoms with Gasteiger partial charge in [0.1, 0.15) is 12.5 Å². The van der Waals surface area contributed by atoms with Crippen molar-refractivity contribution in [2.75, 3.05) is 39.1 Å². The summed E-state index contributed by atoms with van der Waals surface area (Å²) < 4.78 is 17.2. The molecule has 0 aromatic rings. The van der Waals surface area contributed by atoms with E-state index >= 15 is 0 Å². The maximum atomic E-state index is 12.2. The van der Waals surface area contributed by atoms with Crippen LogP contribution in [0.2, 0.25) is 26.2 Å². The molecule has 0 aliphatic carbocycles. The van der Waals surface area contributed by atoms with E-state index in [2.05, 4.69) is 40.4 Å². The lowest BCUT2D eigenvalue weighted by Gasteiger charge is -2.32. The van der Waals surface area contributed by atoms with Crippen molar-refractivity contribution in [1.29, 1.82) is 0 Å². The van der Waals surface area contributed by atoms with Gasteiger partial charge in [0.15, 0.2) is 0 Å². The summed E-state index contributed by atoms with van der Waals surface area (Å²) in [6.07, 6.45) is 11.0. The molecule has 2 atom stereocenters. The van der Waals surface area contributed by atoms with Crippen molar-refractivity contribution >= 4 is 34.9 Å². The Bertz CT molecular complexity index is 745. The third-order valence-electron chi connectivity index (χ3n) is 6.77. The van der Waals surface area contributed by atoms with Gasteiger partial charge >= 0.3 is 18.2 Å². The maximum Gasteiger partial charge on any atom is 0.406 e. The van der Waals surface area contributed by atoms with Crippen LogP contribution in [0, 0.1) is 0 Å². The quantitative estimate of drug-likeness (QED) is 0.0694. The lowest BCUT2D eigenvalue weighted by atomic mass is 10.1. The Balaban J connectivity index is 3.92. The smallest absolute Gasteiger partial charge is 0.406 e. The first-order chi connectivity index (χ1) is 19.8. The summed E-state index contributed by atoms with van der Waals surface area (Å²) in [6.45, 7) is 16.2. The first-order valence-electron chi connectivity index (χ1n) is 16.0. The second-order valence-corrected chi connectivity index (χ2v) is 21.0. The van der Waals surface area contributed by atoms with Gasteiger partial charge in [0.05, 0.1) is 0 Å². The Kier molecular flexibility index (Phi) is 22.6. The van der Waals surface area contributed by atoms with Crippen LogP contribution < -0.4 is 26.6 Å². The molecule has 2 unspecified atom stereocenters. The summed E-state index contributed by atoms with van der Waals surface area (Å²) in [5, 5.41) is 14.7. The summed E-state index contributed by atoms with van der Waals surface area (Å²) in [5.74, 6) is 0. The van der Waals surface area contributed by atoms with Gasteiger partial charge in [0, 0.05) is 31.7 Å². The van der Waals surface area contributed by atoms with Crippen LogP contribution in [0.15, 0.2) is 0 Å². The SMILES string of the molecule is CCCCCCCNC(=O)OC[Si](C)(C)O[Si](C)(C)COC(=O)NCCCCCCNC(=O)NC(C)CCC(C)NC. The molecule has 0 aliphatic rings. The lowest BCUT2D eigenvalue weighted by Crippen LogP contribution is -2.51. The van der Waals surface area contributed by atoms with Crippen molar-refractivity contribution in [3.63, 3.8) is 0 Å². The van der Waals surface area contributed by atoms with Gasteiger partial charge in [-0.25, -0.2) is 14.4 Å². The van der Waals surface area contributed by atoms with Crippen LogP contribution in [-0.2, 0) is 13.6 Å². The van der Waals surface area contributed by atoms with E-state index in [1.54, 1.807) is 0 Å². The largest absolute Gasteiger partial charge is 0.451 e. The first-order valence-corrected chi connectivity index (χ1v) is 22.3. The maximum absolute atomic E-state index is 12.2. The van der Waals surface area contributed by atoms with Crippen molar-refractivity contribution in [2.45, 2.75) is 130 Å². The highest BCUT2D eigenvalue weighted by Crippen LogP contribution is 2.15. The first kappa shape index (κ1) is 40.2. The van der Waals surface area contributed by atoms with Gasteiger partial charge in [0.25, 0.3) is 0 Å². The van der Waals surface area contributed by atoms with Gasteiger partial charge in [-0.05, 0) is 79.2 Å². The van der Waals surface area contributed by atoms with E-state index in [0.29, 0.717) is 25.7 Å². The van der Waals surface area contributed by atoms with Crippen LogP contribution in [0.5, 0.6) is 0 Å². The summed E-state index contributed by atoms with van der Waals surface area (Å²) >= 11 is 0. The molecule has 248 valence electrons. The predicted octanol–water partition coefficient (Wildman–Crippen LogP) is 5.55. The van der Waals surface area contributed by atoms with E-state index in [1.807, 2.05) is 40.2 Å². The third-order valence-corrected chi connectivity index (χ3v) is 12.9. The van der Waals surface area contributed by atoms with E-state index < -0.39 is 28.8 Å². The highest BCUT2D eigenvalue weighted by Gasteiger charge is 2.35. The highest BCUT2D eigenvalue weighted by molar-refractivity contribution is 6.84. The molecule has 0 aromatic carbocycles. The summed E-state index contributed by atoms with van der Waals surface area (Å²) in [7, 11) is -2.63. The molecule has 0 fully saturated rings. The van der Waals surface area contributed by atoms with E-state index in [1.165, 1.54) is 19.3 Å². The zero-order valence-electron chi connectivity index (χ0n) is 27.9. The highest BCUT2D eigenvalue weighted by atomic mass is 28.4. The number of carbonyl (C=O) groups excluding carboxylic acids is 3. The Morgan fingerprint density at radius 2 is 1.07 bits per heavy atom. The predicted molar refractivity (Wildman–Crippen MR) is 176 cm³/mol. The molecule has 0 bridgehead atoms. The molecule has 0 saturated carbocycles. The summed E-state index contributed by atoms with van der Waals surface area (Å²) in [4.78, 5) is 36.2. The molecule has 5 N–H and O–H groups in total. The molecule has 0 spiro atoms. The number of carbonyl (C=O) groups is 3. The number of hydrogen-bond donors (Lipinski definition) is 5. The molecule has 13 heteroatoms. The molecule has 11 nitrogen and oxygen atoms in total. The standard InChI is InChI=1S/C29H63N5O6Si2/c1-9-10-11-12-16-21-32-28(36)38-23-41(5,6)40-42(7,8)24-39-29(37)33-22-17-14-13-15-20-31-27(35)34-26(3)19-18-25(2)30-4/h25-26,30H,9-24H2,1-8H3,(H,32,36)(H,33,37)(H2,31,34,35). The normalized spacial score (nSPS) is 13.1. The topological polar surface area (TPSA) is 139 Å². The fraction of sp³-hybridized carbons (Fsp3) is 0.897. The summed E-state index contributed by atoms with van der Waals surface area (Å²) in [6, 6.07) is 0.464. The fourth-order valence-electron chi connectivity index (χ4n) is 4.29. The third kappa shape index (κ3) is 24.7. The average Bonchev–Trinajstić information content (AvgIpc) is 2.92. The fourth-order valence-corrected chi connectivity index (χ4v) is 11.7. The van der Waals surface area contributed by atoms with Crippen LogP contribution in [0.25, 0.3) is 0 Å². The van der Waals surface area contributed by atoms with Crippen LogP contribution in [0.4, 0.5) is 14.4 Å². The monoisotopic (exact) mass is 633 g/mol. The minimum Gasteiger partial charge on any atom is -0.451 e. The van der Waals surface area contributed by atoms with Crippen molar-refractivity contribution in [2.24, 2.45) is 0 Å². The Morgan fingerprint density at radius 1 is 0.643 bits per heavy atom. The van der Waals surface area contributed by atoms with E-state index in [-0.39, 0.29) is 24.5 Å². The Hall–Kier alpha value is -1.84. The van der Waals surface area contributed by atoms with Crippen molar-refractivity contribution < 1.29 is 28.0 Å². The zero-order valence-corrected chi connectivity index (χ0v) is 29.9. The molecule has 0 aliphatic heterocycles. The number of nitrogens with one attached hydrogen (secondary N) is 5. The lowest BCUT2D eigenvalue weighted by molar-refractivity contribution is 0.155. The Labute approximate surface area is 258 Å². The number of unbranched alkanes of at least 4 members (excludes halogenated alkanes) is 7. The molecule has 4 amide bonds. The number of alkyl carbamates (subject to hydrolysis) is 2. The number of rotatable bonds is 24. The van der Waals surface area contributed by atoms with Gasteiger partial charge in [-0.2, -0.15) is 0 Å². The van der Waals surface area contributed by atoms with Gasteiger partial charge in [-0.15, -0.1) is 0 Å². The zero-order chi connectivity index (χ0) is 31.9. The summed E-state index contributed by atoms with van der Waals surface area (Å²) in [5.41, 5.74) is 0. The number of ether oxygens (including phenoxy) is 2. The molecule has 0 heterocycles. The second-order valence-electron chi connectivity index (χ2n) is 12.5. The van der Waals surface area contributed by atoms with Crippen molar-refractivity contribution in [3.8, 4) is 0 Å². The molecular weight excluding hydrogens is 571 g/mol. The van der Waals surface area contributed by atoms with Gasteiger partial charge in [-0.1, -0.05) is 45.4 Å². The molecule has 0 radical (unpaired) electrons. The minimum absolute atomic E-state index is 0.118. The number of urea groups is 1. The molecule has 0 aromatic heterocycles. The van der Waals surface area contributed by atoms with E-state index in [9.17, 15) is 14.4 Å². The number of amides is 4.